The summed E-state index contributed by atoms with van der Waals surface area (Å²) in [5, 5.41) is 9.66. The van der Waals surface area contributed by atoms with Crippen LogP contribution < -0.4 is 4.74 Å². The van der Waals surface area contributed by atoms with Crippen LogP contribution in [-0.2, 0) is 0 Å². The monoisotopic (exact) mass is 233 g/mol. The Bertz CT molecular complexity index is 593. The molecule has 2 aromatic rings. The minimum absolute atomic E-state index is 0.278. The highest BCUT2D eigenvalue weighted by atomic mass is 35.5. The van der Waals surface area contributed by atoms with Gasteiger partial charge in [0.2, 0.25) is 0 Å². The molecule has 0 fully saturated rings. The van der Waals surface area contributed by atoms with Gasteiger partial charge < -0.3 is 9.15 Å². The molecule has 0 aliphatic rings. The Morgan fingerprint density at radius 2 is 2.38 bits per heavy atom. The highest BCUT2D eigenvalue weighted by Gasteiger charge is 2.10. The third-order valence-electron chi connectivity index (χ3n) is 2.15. The van der Waals surface area contributed by atoms with Gasteiger partial charge in [-0.25, -0.2) is 0 Å². The number of nitrogens with zero attached hydrogens (tertiary/aromatic N) is 1. The highest BCUT2D eigenvalue weighted by molar-refractivity contribution is 6.48. The van der Waals surface area contributed by atoms with Gasteiger partial charge >= 0.3 is 0 Å². The molecule has 2 rings (SSSR count). The number of benzene rings is 1. The fourth-order valence-corrected chi connectivity index (χ4v) is 1.58. The van der Waals surface area contributed by atoms with Crippen molar-refractivity contribution in [3.05, 3.63) is 36.1 Å². The summed E-state index contributed by atoms with van der Waals surface area (Å²) in [5.41, 5.74) is 0.629. The molecule has 1 aromatic heterocycles. The fourth-order valence-electron chi connectivity index (χ4n) is 1.44. The lowest BCUT2D eigenvalue weighted by Gasteiger charge is -1.98. The van der Waals surface area contributed by atoms with Crippen molar-refractivity contribution in [1.82, 2.24) is 0 Å². The second kappa shape index (κ2) is 4.30. The van der Waals surface area contributed by atoms with Crippen LogP contribution in [0.1, 0.15) is 5.76 Å². The summed E-state index contributed by atoms with van der Waals surface area (Å²) in [6.45, 7) is 0. The molecular weight excluding hydrogens is 226 g/mol. The topological polar surface area (TPSA) is 46.2 Å². The van der Waals surface area contributed by atoms with Gasteiger partial charge in [-0.05, 0) is 12.1 Å². The van der Waals surface area contributed by atoms with Gasteiger partial charge in [0.05, 0.1) is 18.2 Å². The molecular formula is C12H8ClNO2. The maximum absolute atomic E-state index is 8.50. The zero-order chi connectivity index (χ0) is 11.5. The van der Waals surface area contributed by atoms with Crippen molar-refractivity contribution in [2.45, 2.75) is 0 Å². The van der Waals surface area contributed by atoms with Crippen LogP contribution in [0.2, 0.25) is 0 Å². The molecule has 4 heteroatoms. The van der Waals surface area contributed by atoms with Crippen LogP contribution in [0.3, 0.4) is 0 Å². The first-order valence-electron chi connectivity index (χ1n) is 4.58. The van der Waals surface area contributed by atoms with E-state index in [1.54, 1.807) is 19.2 Å². The van der Waals surface area contributed by atoms with E-state index in [0.717, 1.165) is 5.39 Å². The van der Waals surface area contributed by atoms with E-state index in [0.29, 0.717) is 17.1 Å². The van der Waals surface area contributed by atoms with Gasteiger partial charge in [0, 0.05) is 11.5 Å². The normalized spacial score (nSPS) is 11.4. The maximum atomic E-state index is 8.50. The Morgan fingerprint density at radius 3 is 3.06 bits per heavy atom. The summed E-state index contributed by atoms with van der Waals surface area (Å²) >= 11 is 5.88. The predicted molar refractivity (Wildman–Crippen MR) is 62.2 cm³/mol. The molecule has 0 atom stereocenters. The van der Waals surface area contributed by atoms with E-state index in [2.05, 4.69) is 0 Å². The quantitative estimate of drug-likeness (QED) is 0.746. The van der Waals surface area contributed by atoms with Crippen molar-refractivity contribution in [3.8, 4) is 11.8 Å². The minimum Gasteiger partial charge on any atom is -0.493 e. The Hall–Kier alpha value is -1.92. The number of nitriles is 1. The Morgan fingerprint density at radius 1 is 1.56 bits per heavy atom. The lowest BCUT2D eigenvalue weighted by atomic mass is 10.2. The van der Waals surface area contributed by atoms with Crippen molar-refractivity contribution in [1.29, 1.82) is 5.26 Å². The van der Waals surface area contributed by atoms with Crippen LogP contribution in [0.15, 0.2) is 34.8 Å². The van der Waals surface area contributed by atoms with Gasteiger partial charge in [-0.2, -0.15) is 5.26 Å². The summed E-state index contributed by atoms with van der Waals surface area (Å²) in [5.74, 6) is 1.10. The molecule has 0 saturated carbocycles. The molecule has 0 aliphatic heterocycles. The summed E-state index contributed by atoms with van der Waals surface area (Å²) in [4.78, 5) is 0. The number of hydrogen-bond donors (Lipinski definition) is 0. The number of methoxy groups -OCH3 is 1. The molecule has 80 valence electrons. The molecule has 0 N–H and O–H groups in total. The molecule has 0 radical (unpaired) electrons. The first-order chi connectivity index (χ1) is 7.76. The zero-order valence-corrected chi connectivity index (χ0v) is 9.28. The van der Waals surface area contributed by atoms with E-state index in [9.17, 15) is 0 Å². The second-order valence-corrected chi connectivity index (χ2v) is 3.52. The molecule has 0 bridgehead atoms. The van der Waals surface area contributed by atoms with Gasteiger partial charge in [0.1, 0.15) is 5.76 Å². The van der Waals surface area contributed by atoms with Gasteiger partial charge in [-0.1, -0.05) is 23.7 Å². The largest absolute Gasteiger partial charge is 0.493 e. The summed E-state index contributed by atoms with van der Waals surface area (Å²) in [6, 6.07) is 9.18. The first kappa shape index (κ1) is 10.6. The van der Waals surface area contributed by atoms with Crippen LogP contribution in [-0.4, -0.2) is 7.11 Å². The number of fused-ring (bicyclic) bond motifs is 1. The van der Waals surface area contributed by atoms with Crippen LogP contribution in [0, 0.1) is 11.3 Å². The molecule has 0 saturated heterocycles. The van der Waals surface area contributed by atoms with E-state index in [-0.39, 0.29) is 5.03 Å². The number of ether oxygens (including phenoxy) is 1. The SMILES string of the molecule is COc1cccc2cc(/C(Cl)=C/C#N)oc12. The predicted octanol–water partition coefficient (Wildman–Crippen LogP) is 3.54. The Labute approximate surface area is 97.5 Å². The summed E-state index contributed by atoms with van der Waals surface area (Å²) in [6.07, 6.45) is 1.23. The number of allylic oxidation sites excluding steroid dienone is 1. The van der Waals surface area contributed by atoms with E-state index >= 15 is 0 Å². The Kier molecular flexibility index (Phi) is 2.84. The molecule has 0 unspecified atom stereocenters. The van der Waals surface area contributed by atoms with E-state index in [1.807, 2.05) is 18.2 Å². The van der Waals surface area contributed by atoms with Crippen molar-refractivity contribution in [2.24, 2.45) is 0 Å². The molecule has 0 amide bonds. The molecule has 1 heterocycles. The highest BCUT2D eigenvalue weighted by Crippen LogP contribution is 2.32. The third-order valence-corrected chi connectivity index (χ3v) is 2.45. The number of halogens is 1. The average Bonchev–Trinajstić information content (AvgIpc) is 2.72. The molecule has 0 spiro atoms. The standard InChI is InChI=1S/C12H8ClNO2/c1-15-10-4-2-3-8-7-11(16-12(8)10)9(13)5-6-14/h2-5,7H,1H3/b9-5-. The van der Waals surface area contributed by atoms with Crippen molar-refractivity contribution < 1.29 is 9.15 Å². The maximum Gasteiger partial charge on any atom is 0.176 e. The van der Waals surface area contributed by atoms with Gasteiger partial charge in [-0.3, -0.25) is 0 Å². The lowest BCUT2D eigenvalue weighted by molar-refractivity contribution is 0.410. The van der Waals surface area contributed by atoms with Crippen LogP contribution in [0.4, 0.5) is 0 Å². The number of furan rings is 1. The van der Waals surface area contributed by atoms with Gasteiger partial charge in [-0.15, -0.1) is 0 Å². The molecule has 3 nitrogen and oxygen atoms in total. The smallest absolute Gasteiger partial charge is 0.176 e. The molecule has 16 heavy (non-hydrogen) atoms. The van der Waals surface area contributed by atoms with Gasteiger partial charge in [0.15, 0.2) is 11.3 Å². The minimum atomic E-state index is 0.278. The van der Waals surface area contributed by atoms with Crippen molar-refractivity contribution in [2.75, 3.05) is 7.11 Å². The average molecular weight is 234 g/mol. The number of rotatable bonds is 2. The van der Waals surface area contributed by atoms with Crippen LogP contribution in [0.25, 0.3) is 16.0 Å². The third kappa shape index (κ3) is 1.75. The molecule has 0 aliphatic carbocycles. The number of hydrogen-bond acceptors (Lipinski definition) is 3. The first-order valence-corrected chi connectivity index (χ1v) is 4.96. The second-order valence-electron chi connectivity index (χ2n) is 3.11. The van der Waals surface area contributed by atoms with Crippen LogP contribution >= 0.6 is 11.6 Å². The van der Waals surface area contributed by atoms with E-state index in [4.69, 9.17) is 26.0 Å². The zero-order valence-electron chi connectivity index (χ0n) is 8.53. The Balaban J connectivity index is 2.61. The number of para-hydroxylation sites is 1. The fraction of sp³-hybridized carbons (Fsp3) is 0.0833. The van der Waals surface area contributed by atoms with E-state index < -0.39 is 0 Å². The van der Waals surface area contributed by atoms with Crippen molar-refractivity contribution in [3.63, 3.8) is 0 Å². The summed E-state index contributed by atoms with van der Waals surface area (Å²) < 4.78 is 10.7. The van der Waals surface area contributed by atoms with Crippen molar-refractivity contribution >= 4 is 27.6 Å². The van der Waals surface area contributed by atoms with Crippen LogP contribution in [0.5, 0.6) is 5.75 Å². The molecule has 1 aromatic carbocycles. The van der Waals surface area contributed by atoms with Gasteiger partial charge in [0.25, 0.3) is 0 Å². The van der Waals surface area contributed by atoms with E-state index in [1.165, 1.54) is 6.08 Å². The summed E-state index contributed by atoms with van der Waals surface area (Å²) in [7, 11) is 1.57. The lowest BCUT2D eigenvalue weighted by Crippen LogP contribution is -1.81.